The predicted molar refractivity (Wildman–Crippen MR) is 245 cm³/mol. The van der Waals surface area contributed by atoms with Crippen LogP contribution in [0, 0.1) is 0 Å². The molecule has 4 fully saturated rings. The summed E-state index contributed by atoms with van der Waals surface area (Å²) in [6.07, 6.45) is -15.1. The van der Waals surface area contributed by atoms with E-state index in [9.17, 15) is 26.2 Å². The molecular weight excluding hydrogens is 931 g/mol. The van der Waals surface area contributed by atoms with Crippen molar-refractivity contribution in [1.82, 2.24) is 0 Å². The lowest BCUT2D eigenvalue weighted by Gasteiger charge is -2.49. The smallest absolute Gasteiger partial charge is 0.303 e. The van der Waals surface area contributed by atoms with Crippen molar-refractivity contribution >= 4 is 11.9 Å². The Bertz CT molecular complexity index is 2340. The van der Waals surface area contributed by atoms with Gasteiger partial charge in [-0.15, -0.1) is 0 Å². The summed E-state index contributed by atoms with van der Waals surface area (Å²) in [7, 11) is 1.32. The molecule has 4 saturated heterocycles. The zero-order valence-corrected chi connectivity index (χ0v) is 39.7. The Balaban J connectivity index is 1.25. The normalized spacial score (nSPS) is 31.9. The summed E-state index contributed by atoms with van der Waals surface area (Å²) in [5.41, 5.74) is 32.3. The monoisotopic (exact) mass is 987 g/mol. The Morgan fingerprint density at radius 3 is 1.32 bits per heavy atom. The first-order valence-corrected chi connectivity index (χ1v) is 22.9. The number of esters is 2. The van der Waals surface area contributed by atoms with Crippen LogP contribution in [-0.4, -0.2) is 137 Å². The summed E-state index contributed by atoms with van der Waals surface area (Å²) in [5.74, 6) is -2.74. The van der Waals surface area contributed by atoms with Gasteiger partial charge in [0.2, 0.25) is 0 Å². The zero-order chi connectivity index (χ0) is 50.3. The number of methoxy groups -OCH3 is 1. The van der Waals surface area contributed by atoms with Crippen LogP contribution in [0.25, 0.3) is 31.3 Å². The van der Waals surface area contributed by atoms with E-state index in [4.69, 9.17) is 61.6 Å². The van der Waals surface area contributed by atoms with Crippen molar-refractivity contribution in [1.29, 1.82) is 0 Å². The van der Waals surface area contributed by atoms with Crippen molar-refractivity contribution in [3.63, 3.8) is 0 Å². The van der Waals surface area contributed by atoms with Crippen LogP contribution in [0.4, 0.5) is 0 Å². The minimum Gasteiger partial charge on any atom is -0.459 e. The third kappa shape index (κ3) is 13.9. The van der Waals surface area contributed by atoms with Gasteiger partial charge < -0.3 is 61.6 Å². The molecule has 0 N–H and O–H groups in total. The van der Waals surface area contributed by atoms with E-state index in [1.807, 2.05) is 91.0 Å². The molecule has 24 heteroatoms. The highest BCUT2D eigenvalue weighted by Gasteiger charge is 2.59. The van der Waals surface area contributed by atoms with Crippen LogP contribution in [0.2, 0.25) is 0 Å². The number of nitrogens with zero attached hydrogens (tertiary/aromatic N) is 9. The van der Waals surface area contributed by atoms with E-state index in [0.29, 0.717) is 0 Å². The molecule has 4 aliphatic heterocycles. The maximum absolute atomic E-state index is 13.2. The number of azide groups is 3. The summed E-state index contributed by atoms with van der Waals surface area (Å²) in [6.45, 7) is 5.69. The average molecular weight is 988 g/mol. The molecule has 0 bridgehead atoms. The van der Waals surface area contributed by atoms with Crippen molar-refractivity contribution in [2.24, 2.45) is 15.3 Å². The van der Waals surface area contributed by atoms with Crippen LogP contribution >= 0.6 is 0 Å². The minimum absolute atomic E-state index is 0.0161. The first-order valence-electron chi connectivity index (χ1n) is 22.9. The summed E-state index contributed by atoms with van der Waals surface area (Å²) in [6, 6.07) is 23.9. The summed E-state index contributed by atoms with van der Waals surface area (Å²) < 4.78 is 81.6. The molecule has 380 valence electrons. The van der Waals surface area contributed by atoms with Crippen LogP contribution in [0.3, 0.4) is 0 Å². The van der Waals surface area contributed by atoms with Crippen molar-refractivity contribution in [3.8, 4) is 0 Å². The van der Waals surface area contributed by atoms with Crippen molar-refractivity contribution in [2.75, 3.05) is 26.9 Å². The van der Waals surface area contributed by atoms with Gasteiger partial charge in [-0.3, -0.25) is 9.59 Å². The molecule has 7 rings (SSSR count). The summed E-state index contributed by atoms with van der Waals surface area (Å²) in [4.78, 5) is 35.2. The maximum atomic E-state index is 13.2. The summed E-state index contributed by atoms with van der Waals surface area (Å²) >= 11 is 0. The molecule has 24 nitrogen and oxygen atoms in total. The Hall–Kier alpha value is -5.91. The molecule has 3 aromatic carbocycles. The van der Waals surface area contributed by atoms with Gasteiger partial charge in [0.15, 0.2) is 24.7 Å². The first kappa shape index (κ1) is 52.9. The van der Waals surface area contributed by atoms with Crippen LogP contribution in [-0.2, 0) is 91.0 Å². The fourth-order valence-electron chi connectivity index (χ4n) is 8.90. The van der Waals surface area contributed by atoms with Gasteiger partial charge >= 0.3 is 11.9 Å². The van der Waals surface area contributed by atoms with E-state index in [-0.39, 0.29) is 39.6 Å². The number of carbonyl (C=O) groups excluding carboxylic acids is 2. The maximum Gasteiger partial charge on any atom is 0.303 e. The Labute approximate surface area is 408 Å². The second kappa shape index (κ2) is 25.5. The van der Waals surface area contributed by atoms with Gasteiger partial charge in [-0.25, -0.2) is 0 Å². The third-order valence-electron chi connectivity index (χ3n) is 11.8. The van der Waals surface area contributed by atoms with Gasteiger partial charge in [0.25, 0.3) is 0 Å². The lowest BCUT2D eigenvalue weighted by Crippen LogP contribution is -2.66. The molecular formula is C47H57N9O15. The SMILES string of the molecule is CO[C@H]1O[C@H](COCc2ccccc2)[C@H](O[C@H]2O[C@H](COCc3ccccc3)[C@H](O[C@H]3O[C@H](COCc4ccccc4)[C@@H]4OC(C)(C)O[C@@H]4[C@H]3N=[N+]=[N-])[C@H](OC(C)=O)[C@H]2N=[N+]=[N-])[C@H](OC(C)=O)[C@H]1N=[N+]=[N-]. The molecule has 0 aliphatic carbocycles. The first-order chi connectivity index (χ1) is 34.4. The molecule has 4 aliphatic rings. The number of fused-ring (bicyclic) bond motifs is 1. The van der Waals surface area contributed by atoms with E-state index >= 15 is 0 Å². The number of carbonyl (C=O) groups is 2. The van der Waals surface area contributed by atoms with Gasteiger partial charge in [0.1, 0.15) is 73.1 Å². The van der Waals surface area contributed by atoms with Gasteiger partial charge in [-0.05, 0) is 47.1 Å². The van der Waals surface area contributed by atoms with Crippen LogP contribution in [0.1, 0.15) is 44.4 Å². The molecule has 0 radical (unpaired) electrons. The molecule has 4 heterocycles. The number of rotatable bonds is 22. The number of hydrogen-bond acceptors (Lipinski definition) is 18. The third-order valence-corrected chi connectivity index (χ3v) is 11.8. The largest absolute Gasteiger partial charge is 0.459 e. The summed E-state index contributed by atoms with van der Waals surface area (Å²) in [5, 5.41) is 12.0. The van der Waals surface area contributed by atoms with Crippen molar-refractivity contribution in [2.45, 2.75) is 145 Å². The Morgan fingerprint density at radius 2 is 0.901 bits per heavy atom. The van der Waals surface area contributed by atoms with Crippen molar-refractivity contribution < 1.29 is 71.2 Å². The van der Waals surface area contributed by atoms with E-state index in [0.717, 1.165) is 30.5 Å². The highest BCUT2D eigenvalue weighted by Crippen LogP contribution is 2.42. The number of hydrogen-bond donors (Lipinski definition) is 0. The molecule has 0 unspecified atom stereocenters. The van der Waals surface area contributed by atoms with Gasteiger partial charge in [0.05, 0.1) is 39.6 Å². The Kier molecular flexibility index (Phi) is 19.0. The second-order valence-corrected chi connectivity index (χ2v) is 17.4. The van der Waals surface area contributed by atoms with E-state index in [1.165, 1.54) is 7.11 Å². The Morgan fingerprint density at radius 1 is 0.535 bits per heavy atom. The molecule has 0 amide bonds. The van der Waals surface area contributed by atoms with Gasteiger partial charge in [-0.2, -0.15) is 0 Å². The predicted octanol–water partition coefficient (Wildman–Crippen LogP) is 6.65. The molecule has 3 aromatic rings. The fourth-order valence-corrected chi connectivity index (χ4v) is 8.90. The molecule has 71 heavy (non-hydrogen) atoms. The molecule has 15 atom stereocenters. The quantitative estimate of drug-likeness (QED) is 0.0440. The highest BCUT2D eigenvalue weighted by molar-refractivity contribution is 5.66. The lowest BCUT2D eigenvalue weighted by atomic mass is 9.94. The number of ether oxygens (including phenoxy) is 13. The average Bonchev–Trinajstić information content (AvgIpc) is 3.69. The van der Waals surface area contributed by atoms with Gasteiger partial charge in [-0.1, -0.05) is 106 Å². The van der Waals surface area contributed by atoms with E-state index in [2.05, 4.69) is 30.1 Å². The highest BCUT2D eigenvalue weighted by atomic mass is 16.8. The minimum atomic E-state index is -1.66. The second-order valence-electron chi connectivity index (χ2n) is 17.4. The van der Waals surface area contributed by atoms with E-state index in [1.54, 1.807) is 13.8 Å². The molecule has 0 saturated carbocycles. The van der Waals surface area contributed by atoms with Gasteiger partial charge in [0, 0.05) is 35.7 Å². The number of benzene rings is 3. The lowest BCUT2D eigenvalue weighted by molar-refractivity contribution is -0.349. The standard InChI is InChI=1S/C47H57N9O15/c1-27(57)63-41-35(51-54-48)44(59-5)65-32(24-60-21-29-15-9-6-10-16-29)38(41)68-45-36(52-55-49)42(64-28(2)58)39(33(66-45)25-61-22-30-17-11-7-12-18-30)69-46-37(53-56-50)43-40(70-47(3,4)71-43)34(67-46)26-62-23-31-19-13-8-14-20-31/h6-20,32-46H,21-26H2,1-5H3/t32-,33-,34-,35-,36-,37-,38+,39+,40+,41-,42-,43-,44+,45-,46-/m1/s1. The topological polar surface area (TPSA) is 300 Å². The van der Waals surface area contributed by atoms with Crippen LogP contribution in [0.5, 0.6) is 0 Å². The van der Waals surface area contributed by atoms with Crippen LogP contribution < -0.4 is 0 Å². The fraction of sp³-hybridized carbons (Fsp3) is 0.574. The van der Waals surface area contributed by atoms with E-state index < -0.39 is 110 Å². The zero-order valence-electron chi connectivity index (χ0n) is 39.7. The van der Waals surface area contributed by atoms with Crippen molar-refractivity contribution in [3.05, 3.63) is 139 Å². The molecule has 0 aromatic heterocycles. The molecule has 0 spiro atoms. The van der Waals surface area contributed by atoms with Crippen LogP contribution in [0.15, 0.2) is 106 Å².